The molecule has 0 fully saturated rings. The molecule has 0 aliphatic rings. The predicted molar refractivity (Wildman–Crippen MR) is 150 cm³/mol. The van der Waals surface area contributed by atoms with Crippen molar-refractivity contribution in [3.05, 3.63) is 133 Å². The predicted octanol–water partition coefficient (Wildman–Crippen LogP) is 7.93. The second kappa shape index (κ2) is 11.1. The Kier molecular flexibility index (Phi) is 7.47. The summed E-state index contributed by atoms with van der Waals surface area (Å²) in [6, 6.07) is 39.0. The van der Waals surface area contributed by atoms with E-state index in [4.69, 9.17) is 9.47 Å². The number of hydrogen-bond donors (Lipinski definition) is 0. The Morgan fingerprint density at radius 3 is 1.95 bits per heavy atom. The Hall–Kier alpha value is -4.09. The highest BCUT2D eigenvalue weighted by Crippen LogP contribution is 2.33. The van der Waals surface area contributed by atoms with Gasteiger partial charge in [-0.25, -0.2) is 9.18 Å². The summed E-state index contributed by atoms with van der Waals surface area (Å²) in [4.78, 5) is 15.7. The normalized spacial score (nSPS) is 11.5. The third-order valence-electron chi connectivity index (χ3n) is 6.26. The van der Waals surface area contributed by atoms with Crippen LogP contribution < -0.4 is 4.74 Å². The molecule has 5 aromatic rings. The van der Waals surface area contributed by atoms with Gasteiger partial charge in [-0.3, -0.25) is 0 Å². The van der Waals surface area contributed by atoms with E-state index in [-0.39, 0.29) is 5.75 Å². The molecule has 0 radical (unpaired) electrons. The molecule has 190 valence electrons. The average molecular weight is 524 g/mol. The first-order valence-corrected chi connectivity index (χ1v) is 13.6. The first kappa shape index (κ1) is 25.6. The number of esters is 1. The average Bonchev–Trinajstić information content (AvgIpc) is 2.93. The van der Waals surface area contributed by atoms with Crippen LogP contribution in [0.3, 0.4) is 0 Å². The SMILES string of the molecule is CC(C)(OC(=O)COc1ccc([S+](c2ccccc2)c2ccccc2)cc1F)c1ccc2ccccc2c1. The molecular weight excluding hydrogens is 495 g/mol. The maximum Gasteiger partial charge on any atom is 0.345 e. The molecule has 0 amide bonds. The van der Waals surface area contributed by atoms with Crippen molar-refractivity contribution in [2.24, 2.45) is 0 Å². The zero-order chi connectivity index (χ0) is 26.5. The van der Waals surface area contributed by atoms with Gasteiger partial charge >= 0.3 is 5.97 Å². The summed E-state index contributed by atoms with van der Waals surface area (Å²) in [7, 11) is -0.478. The van der Waals surface area contributed by atoms with Crippen molar-refractivity contribution >= 4 is 27.6 Å². The maximum atomic E-state index is 15.2. The quantitative estimate of drug-likeness (QED) is 0.153. The Labute approximate surface area is 225 Å². The Morgan fingerprint density at radius 1 is 0.711 bits per heavy atom. The molecule has 0 aliphatic heterocycles. The number of fused-ring (bicyclic) bond motifs is 1. The number of hydrogen-bond acceptors (Lipinski definition) is 3. The maximum absolute atomic E-state index is 15.2. The van der Waals surface area contributed by atoms with Crippen LogP contribution in [0.4, 0.5) is 4.39 Å². The standard InChI is InChI=1S/C33H28FO3S/c1-33(2,26-18-17-24-11-9-10-12-25(24)21-26)37-32(35)23-36-31-20-19-29(22-30(31)34)38(27-13-5-3-6-14-27)28-15-7-4-8-16-28/h3-22H,23H2,1-2H3/q+1. The summed E-state index contributed by atoms with van der Waals surface area (Å²) in [6.45, 7) is 3.27. The molecule has 0 saturated heterocycles. The first-order chi connectivity index (χ1) is 18.4. The third kappa shape index (κ3) is 5.74. The number of carbonyl (C=O) groups excluding carboxylic acids is 1. The van der Waals surface area contributed by atoms with E-state index < -0.39 is 34.9 Å². The summed E-state index contributed by atoms with van der Waals surface area (Å²) >= 11 is 0. The fourth-order valence-electron chi connectivity index (χ4n) is 4.32. The molecule has 0 aromatic heterocycles. The summed E-state index contributed by atoms with van der Waals surface area (Å²) in [5.41, 5.74) is 0.000923. The second-order valence-electron chi connectivity index (χ2n) is 9.36. The lowest BCUT2D eigenvalue weighted by Gasteiger charge is -2.26. The topological polar surface area (TPSA) is 35.5 Å². The zero-order valence-electron chi connectivity index (χ0n) is 21.3. The molecule has 5 heteroatoms. The molecule has 0 aliphatic carbocycles. The van der Waals surface area contributed by atoms with Gasteiger partial charge in [0, 0.05) is 6.07 Å². The van der Waals surface area contributed by atoms with Crippen LogP contribution in [-0.2, 0) is 26.0 Å². The Balaban J connectivity index is 1.29. The van der Waals surface area contributed by atoms with Crippen molar-refractivity contribution < 1.29 is 18.7 Å². The van der Waals surface area contributed by atoms with E-state index in [0.717, 1.165) is 31.0 Å². The van der Waals surface area contributed by atoms with Gasteiger partial charge in [0.05, 0.1) is 10.9 Å². The van der Waals surface area contributed by atoms with Crippen LogP contribution in [0.25, 0.3) is 10.8 Å². The minimum Gasteiger partial charge on any atom is -0.479 e. The number of rotatable bonds is 8. The van der Waals surface area contributed by atoms with Crippen molar-refractivity contribution in [1.29, 1.82) is 0 Å². The largest absolute Gasteiger partial charge is 0.479 e. The lowest BCUT2D eigenvalue weighted by atomic mass is 9.95. The third-order valence-corrected chi connectivity index (χ3v) is 8.47. The van der Waals surface area contributed by atoms with Gasteiger partial charge in [-0.05, 0) is 72.6 Å². The minimum absolute atomic E-state index is 0.0129. The van der Waals surface area contributed by atoms with Gasteiger partial charge < -0.3 is 9.47 Å². The lowest BCUT2D eigenvalue weighted by molar-refractivity contribution is -0.159. The minimum atomic E-state index is -0.868. The molecule has 0 atom stereocenters. The van der Waals surface area contributed by atoms with Crippen LogP contribution in [0, 0.1) is 5.82 Å². The van der Waals surface area contributed by atoms with E-state index in [2.05, 4.69) is 0 Å². The molecule has 0 saturated carbocycles. The van der Waals surface area contributed by atoms with Crippen molar-refractivity contribution in [2.45, 2.75) is 34.1 Å². The monoisotopic (exact) mass is 523 g/mol. The van der Waals surface area contributed by atoms with Gasteiger partial charge in [0.25, 0.3) is 0 Å². The number of benzene rings is 5. The van der Waals surface area contributed by atoms with E-state index in [1.807, 2.05) is 123 Å². The Morgan fingerprint density at radius 2 is 1.32 bits per heavy atom. The van der Waals surface area contributed by atoms with Crippen molar-refractivity contribution in [2.75, 3.05) is 6.61 Å². The van der Waals surface area contributed by atoms with Gasteiger partial charge in [-0.2, -0.15) is 0 Å². The highest BCUT2D eigenvalue weighted by molar-refractivity contribution is 7.97. The van der Waals surface area contributed by atoms with E-state index in [1.165, 1.54) is 6.07 Å². The molecule has 38 heavy (non-hydrogen) atoms. The molecule has 5 aromatic carbocycles. The van der Waals surface area contributed by atoms with Gasteiger partial charge in [-0.15, -0.1) is 0 Å². The van der Waals surface area contributed by atoms with Crippen LogP contribution in [0.1, 0.15) is 19.4 Å². The lowest BCUT2D eigenvalue weighted by Crippen LogP contribution is -2.28. The van der Waals surface area contributed by atoms with Crippen LogP contribution >= 0.6 is 0 Å². The molecule has 0 N–H and O–H groups in total. The fourth-order valence-corrected chi connectivity index (χ4v) is 6.42. The summed E-state index contributed by atoms with van der Waals surface area (Å²) < 4.78 is 26.4. The van der Waals surface area contributed by atoms with Crippen LogP contribution in [0.2, 0.25) is 0 Å². The van der Waals surface area contributed by atoms with Crippen molar-refractivity contribution in [3.8, 4) is 5.75 Å². The van der Waals surface area contributed by atoms with Gasteiger partial charge in [0.2, 0.25) is 0 Å². The van der Waals surface area contributed by atoms with Crippen molar-refractivity contribution in [3.63, 3.8) is 0 Å². The highest BCUT2D eigenvalue weighted by atomic mass is 32.2. The molecule has 0 bridgehead atoms. The molecular formula is C33H28FO3S+. The molecule has 0 spiro atoms. The number of ether oxygens (including phenoxy) is 2. The van der Waals surface area contributed by atoms with Gasteiger partial charge in [0.15, 0.2) is 32.9 Å². The van der Waals surface area contributed by atoms with Crippen LogP contribution in [0.15, 0.2) is 136 Å². The van der Waals surface area contributed by atoms with E-state index in [1.54, 1.807) is 6.07 Å². The zero-order valence-corrected chi connectivity index (χ0v) is 22.1. The molecule has 0 unspecified atom stereocenters. The summed E-state index contributed by atoms with van der Waals surface area (Å²) in [6.07, 6.45) is 0. The van der Waals surface area contributed by atoms with E-state index >= 15 is 4.39 Å². The fraction of sp³-hybridized carbons (Fsp3) is 0.121. The van der Waals surface area contributed by atoms with Crippen LogP contribution in [0.5, 0.6) is 5.75 Å². The van der Waals surface area contributed by atoms with Crippen LogP contribution in [-0.4, -0.2) is 12.6 Å². The molecule has 5 rings (SSSR count). The number of halogens is 1. The molecule has 3 nitrogen and oxygen atoms in total. The first-order valence-electron chi connectivity index (χ1n) is 12.4. The highest BCUT2D eigenvalue weighted by Gasteiger charge is 2.30. The number of carbonyl (C=O) groups is 1. The van der Waals surface area contributed by atoms with E-state index in [9.17, 15) is 4.79 Å². The van der Waals surface area contributed by atoms with Gasteiger partial charge in [0.1, 0.15) is 5.60 Å². The van der Waals surface area contributed by atoms with Gasteiger partial charge in [-0.1, -0.05) is 72.8 Å². The molecule has 0 heterocycles. The second-order valence-corrected chi connectivity index (χ2v) is 11.4. The Bertz CT molecular complexity index is 1510. The summed E-state index contributed by atoms with van der Waals surface area (Å²) in [5, 5.41) is 2.18. The smallest absolute Gasteiger partial charge is 0.345 e. The van der Waals surface area contributed by atoms with Crippen molar-refractivity contribution in [1.82, 2.24) is 0 Å². The summed E-state index contributed by atoms with van der Waals surface area (Å²) in [5.74, 6) is -1.08. The van der Waals surface area contributed by atoms with E-state index in [0.29, 0.717) is 0 Å².